The zero-order valence-corrected chi connectivity index (χ0v) is 12.7. The zero-order valence-electron chi connectivity index (χ0n) is 11.6. The van der Waals surface area contributed by atoms with Gasteiger partial charge in [0.05, 0.1) is 25.3 Å². The van der Waals surface area contributed by atoms with E-state index in [-0.39, 0.29) is 29.0 Å². The molecule has 0 atom stereocenters. The van der Waals surface area contributed by atoms with Crippen molar-refractivity contribution in [2.45, 2.75) is 0 Å². The van der Waals surface area contributed by atoms with E-state index in [0.717, 1.165) is 11.1 Å². The van der Waals surface area contributed by atoms with Crippen molar-refractivity contribution >= 4 is 11.9 Å². The van der Waals surface area contributed by atoms with Gasteiger partial charge in [-0.15, -0.1) is 0 Å². The van der Waals surface area contributed by atoms with Gasteiger partial charge in [-0.25, -0.2) is 9.59 Å². The summed E-state index contributed by atoms with van der Waals surface area (Å²) < 4.78 is 9.29. The first-order valence-electron chi connectivity index (χ1n) is 6.03. The SMILES string of the molecule is COC(=O)c1ccc(-c2ccc(C(=O)OC)cc2)cc1.[Fe]. The van der Waals surface area contributed by atoms with Gasteiger partial charge in [0, 0.05) is 17.1 Å². The van der Waals surface area contributed by atoms with Crippen LogP contribution in [0.2, 0.25) is 0 Å². The average molecular weight is 326 g/mol. The maximum Gasteiger partial charge on any atom is 0.337 e. The van der Waals surface area contributed by atoms with Crippen LogP contribution in [0.5, 0.6) is 0 Å². The number of esters is 2. The van der Waals surface area contributed by atoms with Crippen molar-refractivity contribution in [3.05, 3.63) is 59.7 Å². The van der Waals surface area contributed by atoms with Gasteiger partial charge < -0.3 is 9.47 Å². The third kappa shape index (κ3) is 3.94. The molecule has 2 rings (SSSR count). The molecule has 4 nitrogen and oxygen atoms in total. The molecule has 0 N–H and O–H groups in total. The minimum absolute atomic E-state index is 0. The van der Waals surface area contributed by atoms with E-state index in [1.165, 1.54) is 14.2 Å². The Balaban J connectivity index is 0.00000220. The Kier molecular flexibility index (Phi) is 6.15. The summed E-state index contributed by atoms with van der Waals surface area (Å²) in [4.78, 5) is 22.7. The summed E-state index contributed by atoms with van der Waals surface area (Å²) in [6.07, 6.45) is 0. The average Bonchev–Trinajstić information content (AvgIpc) is 2.53. The third-order valence-electron chi connectivity index (χ3n) is 2.95. The summed E-state index contributed by atoms with van der Waals surface area (Å²) in [5.41, 5.74) is 2.91. The van der Waals surface area contributed by atoms with E-state index in [2.05, 4.69) is 9.47 Å². The normalized spacial score (nSPS) is 9.43. The standard InChI is InChI=1S/C16H14O4.Fe/c1-19-15(17)13-7-3-11(4-8-13)12-5-9-14(10-6-12)16(18)20-2;/h3-10H,1-2H3;. The van der Waals surface area contributed by atoms with Crippen molar-refractivity contribution in [3.8, 4) is 11.1 Å². The Morgan fingerprint density at radius 1 is 0.667 bits per heavy atom. The molecule has 5 heteroatoms. The van der Waals surface area contributed by atoms with Crippen LogP contribution in [0, 0.1) is 0 Å². The van der Waals surface area contributed by atoms with Crippen LogP contribution in [0.3, 0.4) is 0 Å². The first kappa shape index (κ1) is 17.0. The van der Waals surface area contributed by atoms with E-state index in [1.807, 2.05) is 24.3 Å². The van der Waals surface area contributed by atoms with Crippen molar-refractivity contribution < 1.29 is 36.1 Å². The van der Waals surface area contributed by atoms with Gasteiger partial charge >= 0.3 is 11.9 Å². The van der Waals surface area contributed by atoms with Crippen LogP contribution in [0.15, 0.2) is 48.5 Å². The molecule has 0 amide bonds. The number of ether oxygens (including phenoxy) is 2. The molecule has 0 radical (unpaired) electrons. The van der Waals surface area contributed by atoms with Crippen LogP contribution < -0.4 is 0 Å². The number of rotatable bonds is 3. The van der Waals surface area contributed by atoms with Crippen LogP contribution in [0.25, 0.3) is 11.1 Å². The number of carbonyl (C=O) groups is 2. The maximum atomic E-state index is 11.3. The van der Waals surface area contributed by atoms with Crippen molar-refractivity contribution in [1.82, 2.24) is 0 Å². The fourth-order valence-electron chi connectivity index (χ4n) is 1.83. The Morgan fingerprint density at radius 3 is 1.19 bits per heavy atom. The largest absolute Gasteiger partial charge is 0.465 e. The number of carbonyl (C=O) groups excluding carboxylic acids is 2. The van der Waals surface area contributed by atoms with Gasteiger partial charge in [-0.3, -0.25) is 0 Å². The molecule has 0 spiro atoms. The topological polar surface area (TPSA) is 52.6 Å². The Labute approximate surface area is 133 Å². The molecule has 0 aromatic heterocycles. The minimum atomic E-state index is -0.363. The molecule has 0 aliphatic carbocycles. The first-order chi connectivity index (χ1) is 9.65. The van der Waals surface area contributed by atoms with Crippen molar-refractivity contribution in [3.63, 3.8) is 0 Å². The van der Waals surface area contributed by atoms with Crippen LogP contribution in [-0.4, -0.2) is 26.2 Å². The van der Waals surface area contributed by atoms with E-state index < -0.39 is 0 Å². The fourth-order valence-corrected chi connectivity index (χ4v) is 1.83. The predicted molar refractivity (Wildman–Crippen MR) is 74.6 cm³/mol. The summed E-state index contributed by atoms with van der Waals surface area (Å²) in [7, 11) is 2.70. The molecule has 110 valence electrons. The molecule has 0 unspecified atom stereocenters. The van der Waals surface area contributed by atoms with E-state index >= 15 is 0 Å². The smallest absolute Gasteiger partial charge is 0.337 e. The van der Waals surface area contributed by atoms with Crippen molar-refractivity contribution in [1.29, 1.82) is 0 Å². The maximum absolute atomic E-state index is 11.3. The second-order valence-corrected chi connectivity index (χ2v) is 4.14. The van der Waals surface area contributed by atoms with Crippen LogP contribution in [-0.2, 0) is 26.5 Å². The van der Waals surface area contributed by atoms with E-state index in [9.17, 15) is 9.59 Å². The van der Waals surface area contributed by atoms with Crippen molar-refractivity contribution in [2.75, 3.05) is 14.2 Å². The van der Waals surface area contributed by atoms with E-state index in [4.69, 9.17) is 0 Å². The summed E-state index contributed by atoms with van der Waals surface area (Å²) in [5, 5.41) is 0. The van der Waals surface area contributed by atoms with E-state index in [1.54, 1.807) is 24.3 Å². The molecular formula is C16H14FeO4. The molecule has 0 aliphatic rings. The Bertz CT molecular complexity index is 560. The molecular weight excluding hydrogens is 312 g/mol. The Morgan fingerprint density at radius 2 is 0.952 bits per heavy atom. The number of hydrogen-bond acceptors (Lipinski definition) is 4. The monoisotopic (exact) mass is 326 g/mol. The third-order valence-corrected chi connectivity index (χ3v) is 2.95. The molecule has 0 saturated heterocycles. The molecule has 2 aromatic carbocycles. The van der Waals surface area contributed by atoms with Crippen LogP contribution >= 0.6 is 0 Å². The summed E-state index contributed by atoms with van der Waals surface area (Å²) in [6, 6.07) is 14.1. The second kappa shape index (κ2) is 7.62. The van der Waals surface area contributed by atoms with E-state index in [0.29, 0.717) is 11.1 Å². The molecule has 0 aliphatic heterocycles. The second-order valence-electron chi connectivity index (χ2n) is 4.14. The predicted octanol–water partition coefficient (Wildman–Crippen LogP) is 2.92. The molecule has 0 fully saturated rings. The number of methoxy groups -OCH3 is 2. The first-order valence-corrected chi connectivity index (χ1v) is 6.03. The molecule has 0 heterocycles. The summed E-state index contributed by atoms with van der Waals surface area (Å²) in [6.45, 7) is 0. The molecule has 21 heavy (non-hydrogen) atoms. The zero-order chi connectivity index (χ0) is 14.5. The van der Waals surface area contributed by atoms with Crippen molar-refractivity contribution in [2.24, 2.45) is 0 Å². The van der Waals surface area contributed by atoms with Crippen LogP contribution in [0.1, 0.15) is 20.7 Å². The molecule has 0 bridgehead atoms. The number of hydrogen-bond donors (Lipinski definition) is 0. The van der Waals surface area contributed by atoms with Gasteiger partial charge in [0.1, 0.15) is 0 Å². The van der Waals surface area contributed by atoms with Crippen LogP contribution in [0.4, 0.5) is 0 Å². The van der Waals surface area contributed by atoms with Gasteiger partial charge in [-0.05, 0) is 35.4 Å². The fraction of sp³-hybridized carbons (Fsp3) is 0.125. The minimum Gasteiger partial charge on any atom is -0.465 e. The Hall–Kier alpha value is -2.10. The van der Waals surface area contributed by atoms with Gasteiger partial charge in [0.15, 0.2) is 0 Å². The molecule has 0 saturated carbocycles. The number of benzene rings is 2. The summed E-state index contributed by atoms with van der Waals surface area (Å²) in [5.74, 6) is -0.727. The van der Waals surface area contributed by atoms with Gasteiger partial charge in [-0.2, -0.15) is 0 Å². The quantitative estimate of drug-likeness (QED) is 0.643. The molecule has 2 aromatic rings. The van der Waals surface area contributed by atoms with Gasteiger partial charge in [0.2, 0.25) is 0 Å². The van der Waals surface area contributed by atoms with Gasteiger partial charge in [0.25, 0.3) is 0 Å². The van der Waals surface area contributed by atoms with Gasteiger partial charge in [-0.1, -0.05) is 24.3 Å². The summed E-state index contributed by atoms with van der Waals surface area (Å²) >= 11 is 0.